The Morgan fingerprint density at radius 2 is 1.69 bits per heavy atom. The first-order valence-electron chi connectivity index (χ1n) is 16.9. The monoisotopic (exact) mass is 580 g/mol. The topological polar surface area (TPSA) is 118 Å². The Hall–Kier alpha value is -1.23. The lowest BCUT2D eigenvalue weighted by molar-refractivity contribution is -0.245. The van der Waals surface area contributed by atoms with Crippen molar-refractivity contribution in [2.75, 3.05) is 6.61 Å². The van der Waals surface area contributed by atoms with E-state index in [-0.39, 0.29) is 45.2 Å². The molecule has 8 rings (SSSR count). The summed E-state index contributed by atoms with van der Waals surface area (Å²) in [6.07, 6.45) is 10.2. The van der Waals surface area contributed by atoms with Crippen LogP contribution in [0.1, 0.15) is 111 Å². The Bertz CT molecular complexity index is 1240. The Kier molecular flexibility index (Phi) is 6.59. The lowest BCUT2D eigenvalue weighted by Crippen LogP contribution is -2.71. The average molecular weight is 581 g/mol. The van der Waals surface area contributed by atoms with Crippen LogP contribution in [-0.4, -0.2) is 62.3 Å². The van der Waals surface area contributed by atoms with Gasteiger partial charge in [0, 0.05) is 23.2 Å². The van der Waals surface area contributed by atoms with Gasteiger partial charge in [-0.25, -0.2) is 0 Å². The molecule has 8 aliphatic rings. The van der Waals surface area contributed by atoms with Gasteiger partial charge < -0.3 is 25.5 Å². The maximum absolute atomic E-state index is 14.9. The molecular formula is C36H52O6. The second-order valence-corrected chi connectivity index (χ2v) is 16.7. The smallest absolute Gasteiger partial charge is 0.159 e. The summed E-state index contributed by atoms with van der Waals surface area (Å²) in [5.74, 6) is 6.19. The first kappa shape index (κ1) is 29.5. The van der Waals surface area contributed by atoms with Crippen molar-refractivity contribution in [3.8, 4) is 11.8 Å². The van der Waals surface area contributed by atoms with Crippen molar-refractivity contribution in [3.05, 3.63) is 11.6 Å². The third-order valence-electron chi connectivity index (χ3n) is 15.5. The van der Waals surface area contributed by atoms with E-state index in [1.165, 1.54) is 5.57 Å². The van der Waals surface area contributed by atoms with E-state index >= 15 is 0 Å². The summed E-state index contributed by atoms with van der Waals surface area (Å²) in [5.41, 5.74) is -1.44. The summed E-state index contributed by atoms with van der Waals surface area (Å²) in [6.45, 7) is 6.23. The summed E-state index contributed by atoms with van der Waals surface area (Å²) in [5, 5.41) is 56.6. The highest BCUT2D eigenvalue weighted by molar-refractivity contribution is 5.96. The largest absolute Gasteiger partial charge is 0.394 e. The second kappa shape index (κ2) is 9.39. The van der Waals surface area contributed by atoms with Crippen LogP contribution in [0.5, 0.6) is 0 Å². The first-order valence-corrected chi connectivity index (χ1v) is 16.9. The zero-order valence-electron chi connectivity index (χ0n) is 25.9. The van der Waals surface area contributed by atoms with E-state index in [4.69, 9.17) is 0 Å². The molecule has 13 atom stereocenters. The average Bonchev–Trinajstić information content (AvgIpc) is 2.99. The van der Waals surface area contributed by atoms with Crippen molar-refractivity contribution < 1.29 is 30.3 Å². The van der Waals surface area contributed by atoms with Crippen LogP contribution in [0.25, 0.3) is 0 Å². The van der Waals surface area contributed by atoms with Gasteiger partial charge in [0.05, 0.1) is 24.9 Å². The third-order valence-corrected chi connectivity index (χ3v) is 15.5. The van der Waals surface area contributed by atoms with Crippen molar-refractivity contribution >= 4 is 5.78 Å². The number of hydrogen-bond donors (Lipinski definition) is 5. The van der Waals surface area contributed by atoms with Gasteiger partial charge in [-0.05, 0) is 110 Å². The molecule has 6 nitrogen and oxygen atoms in total. The number of ketones is 1. The Labute approximate surface area is 251 Å². The lowest BCUT2D eigenvalue weighted by Gasteiger charge is -2.72. The molecule has 5 fully saturated rings. The quantitative estimate of drug-likeness (QED) is 0.311. The molecule has 0 aromatic carbocycles. The minimum atomic E-state index is -1.04. The molecule has 13 unspecified atom stereocenters. The molecule has 42 heavy (non-hydrogen) atoms. The van der Waals surface area contributed by atoms with Gasteiger partial charge in [-0.15, -0.1) is 5.92 Å². The number of aliphatic hydroxyl groups is 5. The first-order chi connectivity index (χ1) is 19.8. The summed E-state index contributed by atoms with van der Waals surface area (Å²) in [6, 6.07) is 0. The molecule has 5 N–H and O–H groups in total. The van der Waals surface area contributed by atoms with E-state index in [1.807, 2.05) is 13.0 Å². The van der Waals surface area contributed by atoms with Gasteiger partial charge in [0.1, 0.15) is 6.10 Å². The highest BCUT2D eigenvalue weighted by Gasteiger charge is 2.75. The van der Waals surface area contributed by atoms with Crippen molar-refractivity contribution in [1.82, 2.24) is 0 Å². The van der Waals surface area contributed by atoms with E-state index in [0.717, 1.165) is 77.0 Å². The molecule has 5 saturated carbocycles. The van der Waals surface area contributed by atoms with Gasteiger partial charge in [0.15, 0.2) is 5.78 Å². The van der Waals surface area contributed by atoms with Crippen LogP contribution in [0.15, 0.2) is 11.6 Å². The zero-order valence-corrected chi connectivity index (χ0v) is 25.9. The molecular weight excluding hydrogens is 528 g/mol. The van der Waals surface area contributed by atoms with Crippen LogP contribution in [-0.2, 0) is 4.79 Å². The fraction of sp³-hybridized carbons (Fsp3) is 0.861. The molecule has 232 valence electrons. The second-order valence-electron chi connectivity index (χ2n) is 16.7. The Morgan fingerprint density at radius 1 is 0.929 bits per heavy atom. The lowest BCUT2D eigenvalue weighted by atomic mass is 9.31. The Morgan fingerprint density at radius 3 is 2.45 bits per heavy atom. The van der Waals surface area contributed by atoms with Crippen LogP contribution < -0.4 is 0 Å². The maximum Gasteiger partial charge on any atom is 0.159 e. The number of aliphatic hydroxyl groups excluding tert-OH is 5. The van der Waals surface area contributed by atoms with Crippen molar-refractivity contribution in [2.45, 2.75) is 135 Å². The SMILES string of the molecule is CC12CCC#CC(O)C3(CC1)C(O)CC1(C)C(=CC(=O)C4C56CCCCC41CCC5C(C)(C(O)CO)C(O)CC6)C3C2. The molecule has 0 saturated heterocycles. The number of fused-ring (bicyclic) bond motifs is 5. The highest BCUT2D eigenvalue weighted by atomic mass is 16.3. The summed E-state index contributed by atoms with van der Waals surface area (Å²) in [4.78, 5) is 14.9. The maximum atomic E-state index is 14.9. The van der Waals surface area contributed by atoms with Gasteiger partial charge in [0.2, 0.25) is 0 Å². The zero-order chi connectivity index (χ0) is 29.9. The summed E-state index contributed by atoms with van der Waals surface area (Å²) < 4.78 is 0. The van der Waals surface area contributed by atoms with Crippen molar-refractivity contribution in [2.24, 2.45) is 50.2 Å². The molecule has 4 bridgehead atoms. The van der Waals surface area contributed by atoms with E-state index in [2.05, 4.69) is 25.7 Å². The van der Waals surface area contributed by atoms with E-state index in [1.54, 1.807) is 0 Å². The van der Waals surface area contributed by atoms with Gasteiger partial charge in [-0.2, -0.15) is 0 Å². The predicted molar refractivity (Wildman–Crippen MR) is 159 cm³/mol. The molecule has 6 heteroatoms. The number of allylic oxidation sites excluding steroid dienone is 2. The minimum absolute atomic E-state index is 0.0629. The fourth-order valence-corrected chi connectivity index (χ4v) is 13.2. The van der Waals surface area contributed by atoms with E-state index in [9.17, 15) is 30.3 Å². The van der Waals surface area contributed by atoms with Crippen molar-refractivity contribution in [1.29, 1.82) is 0 Å². The summed E-state index contributed by atoms with van der Waals surface area (Å²) in [7, 11) is 0. The number of carbonyl (C=O) groups is 1. The third kappa shape index (κ3) is 3.39. The van der Waals surface area contributed by atoms with Crippen LogP contribution in [0.3, 0.4) is 0 Å². The molecule has 8 aliphatic carbocycles. The highest BCUT2D eigenvalue weighted by Crippen LogP contribution is 2.78. The van der Waals surface area contributed by atoms with Gasteiger partial charge in [-0.1, -0.05) is 45.1 Å². The molecule has 0 aliphatic heterocycles. The van der Waals surface area contributed by atoms with Gasteiger partial charge >= 0.3 is 0 Å². The molecule has 0 radical (unpaired) electrons. The predicted octanol–water partition coefficient (Wildman–Crippen LogP) is 4.30. The molecule has 0 amide bonds. The van der Waals surface area contributed by atoms with Crippen LogP contribution in [0, 0.1) is 62.1 Å². The molecule has 2 spiro atoms. The molecule has 0 aromatic rings. The van der Waals surface area contributed by atoms with Crippen molar-refractivity contribution in [3.63, 3.8) is 0 Å². The minimum Gasteiger partial charge on any atom is -0.394 e. The number of carbonyl (C=O) groups excluding carboxylic acids is 1. The Balaban J connectivity index is 1.42. The molecule has 0 heterocycles. The van der Waals surface area contributed by atoms with Gasteiger partial charge in [-0.3, -0.25) is 4.79 Å². The summed E-state index contributed by atoms with van der Waals surface area (Å²) >= 11 is 0. The van der Waals surface area contributed by atoms with Crippen LogP contribution >= 0.6 is 0 Å². The van der Waals surface area contributed by atoms with Gasteiger partial charge in [0.25, 0.3) is 0 Å². The van der Waals surface area contributed by atoms with Crippen LogP contribution in [0.2, 0.25) is 0 Å². The normalized spacial score (nSPS) is 55.5. The number of rotatable bonds is 2. The van der Waals surface area contributed by atoms with E-state index < -0.39 is 41.9 Å². The van der Waals surface area contributed by atoms with E-state index in [0.29, 0.717) is 12.8 Å². The van der Waals surface area contributed by atoms with Crippen LogP contribution in [0.4, 0.5) is 0 Å². The fourth-order valence-electron chi connectivity index (χ4n) is 13.2. The number of hydrogen-bond acceptors (Lipinski definition) is 6. The standard InChI is InChI=1S/C36H52O6/c1-31-11-5-4-8-27(40)36(17-16-31)23(19-31)22-18-24(38)30-34-12-6-7-13-35(30,32(22,2)20-28(36)41)15-9-25(34)33(3,29(42)21-37)26(39)10-14-34/h18,23,25-30,37,39-42H,5-7,9-17,19-21H2,1-3H3. The molecule has 0 aromatic heterocycles.